The van der Waals surface area contributed by atoms with Gasteiger partial charge in [-0.25, -0.2) is 0 Å². The summed E-state index contributed by atoms with van der Waals surface area (Å²) in [5.41, 5.74) is 3.26. The molecule has 1 aromatic heterocycles. The lowest BCUT2D eigenvalue weighted by molar-refractivity contribution is 0.460. The highest BCUT2D eigenvalue weighted by Gasteiger charge is 2.08. The fourth-order valence-electron chi connectivity index (χ4n) is 1.81. The molecule has 0 radical (unpaired) electrons. The number of anilines is 2. The maximum atomic E-state index is 5.54. The fourth-order valence-corrected chi connectivity index (χ4v) is 2.04. The number of rotatable bonds is 5. The van der Waals surface area contributed by atoms with E-state index in [1.54, 1.807) is 0 Å². The van der Waals surface area contributed by atoms with Crippen molar-refractivity contribution in [3.8, 4) is 0 Å². The molecule has 0 amide bonds. The van der Waals surface area contributed by atoms with Crippen LogP contribution in [0.4, 0.5) is 11.7 Å². The summed E-state index contributed by atoms with van der Waals surface area (Å²) < 4.78 is 6.66. The molecule has 0 fully saturated rings. The second kappa shape index (κ2) is 6.37. The molecule has 2 rings (SSSR count). The van der Waals surface area contributed by atoms with Gasteiger partial charge in [0.05, 0.1) is 6.54 Å². The summed E-state index contributed by atoms with van der Waals surface area (Å²) in [5.74, 6) is 0.576. The van der Waals surface area contributed by atoms with Gasteiger partial charge in [-0.15, -0.1) is 5.10 Å². The van der Waals surface area contributed by atoms with Gasteiger partial charge in [0.2, 0.25) is 5.89 Å². The van der Waals surface area contributed by atoms with E-state index in [4.69, 9.17) is 4.42 Å². The van der Waals surface area contributed by atoms with Crippen LogP contribution in [0.2, 0.25) is 0 Å². The quantitative estimate of drug-likeness (QED) is 0.870. The molecule has 6 heteroatoms. The Balaban J connectivity index is 2.07. The van der Waals surface area contributed by atoms with Crippen molar-refractivity contribution in [2.75, 3.05) is 5.32 Å². The van der Waals surface area contributed by atoms with E-state index in [2.05, 4.69) is 50.6 Å². The molecule has 0 atom stereocenters. The molecule has 5 nitrogen and oxygen atoms in total. The van der Waals surface area contributed by atoms with Crippen molar-refractivity contribution in [1.29, 1.82) is 0 Å². The Morgan fingerprint density at radius 1 is 1.20 bits per heavy atom. The molecule has 0 unspecified atom stereocenters. The Morgan fingerprint density at radius 2 is 1.85 bits per heavy atom. The van der Waals surface area contributed by atoms with Crippen LogP contribution in [-0.2, 0) is 6.54 Å². The molecule has 0 aliphatic rings. The minimum atomic E-state index is 0.384. The minimum absolute atomic E-state index is 0.384. The van der Waals surface area contributed by atoms with Gasteiger partial charge < -0.3 is 15.1 Å². The Bertz CT molecular complexity index is 572. The molecule has 0 saturated carbocycles. The Hall–Kier alpha value is -1.40. The molecule has 0 saturated heterocycles. The SMILES string of the molecule is Cc1cc(Nc2nnc(CNC(C)C)o2)cc(C)c1Br. The third-order valence-corrected chi connectivity index (χ3v) is 4.07. The van der Waals surface area contributed by atoms with E-state index < -0.39 is 0 Å². The van der Waals surface area contributed by atoms with Crippen molar-refractivity contribution in [3.05, 3.63) is 33.6 Å². The van der Waals surface area contributed by atoms with Gasteiger partial charge in [0.1, 0.15) is 0 Å². The monoisotopic (exact) mass is 338 g/mol. The summed E-state index contributed by atoms with van der Waals surface area (Å²) in [6.45, 7) is 8.82. The zero-order valence-electron chi connectivity index (χ0n) is 12.1. The molecule has 1 heterocycles. The standard InChI is InChI=1S/C14H19BrN4O/c1-8(2)16-7-12-18-19-14(20-12)17-11-5-9(3)13(15)10(4)6-11/h5-6,8,16H,7H2,1-4H3,(H,17,19). The van der Waals surface area contributed by atoms with Gasteiger partial charge >= 0.3 is 6.01 Å². The smallest absolute Gasteiger partial charge is 0.320 e. The summed E-state index contributed by atoms with van der Waals surface area (Å²) in [6, 6.07) is 4.86. The lowest BCUT2D eigenvalue weighted by atomic mass is 10.1. The third-order valence-electron chi connectivity index (χ3n) is 2.82. The lowest BCUT2D eigenvalue weighted by Crippen LogP contribution is -2.21. The predicted molar refractivity (Wildman–Crippen MR) is 83.2 cm³/mol. The first-order valence-corrected chi connectivity index (χ1v) is 7.34. The number of hydrogen-bond acceptors (Lipinski definition) is 5. The van der Waals surface area contributed by atoms with Gasteiger partial charge in [0, 0.05) is 16.2 Å². The molecule has 0 bridgehead atoms. The molecule has 0 aliphatic carbocycles. The third kappa shape index (κ3) is 3.80. The maximum absolute atomic E-state index is 5.54. The number of nitrogens with one attached hydrogen (secondary N) is 2. The van der Waals surface area contributed by atoms with Crippen LogP contribution < -0.4 is 10.6 Å². The van der Waals surface area contributed by atoms with Crippen LogP contribution >= 0.6 is 15.9 Å². The predicted octanol–water partition coefficient (Wildman–Crippen LogP) is 3.69. The highest BCUT2D eigenvalue weighted by molar-refractivity contribution is 9.10. The summed E-state index contributed by atoms with van der Waals surface area (Å²) in [4.78, 5) is 0. The van der Waals surface area contributed by atoms with Crippen LogP contribution in [0.25, 0.3) is 0 Å². The van der Waals surface area contributed by atoms with E-state index in [-0.39, 0.29) is 0 Å². The fraction of sp³-hybridized carbons (Fsp3) is 0.429. The van der Waals surface area contributed by atoms with E-state index in [1.807, 2.05) is 26.0 Å². The van der Waals surface area contributed by atoms with Gasteiger partial charge in [-0.2, -0.15) is 0 Å². The summed E-state index contributed by atoms with van der Waals surface area (Å²) in [7, 11) is 0. The van der Waals surface area contributed by atoms with Gasteiger partial charge in [0.15, 0.2) is 0 Å². The van der Waals surface area contributed by atoms with Crippen molar-refractivity contribution in [2.45, 2.75) is 40.3 Å². The van der Waals surface area contributed by atoms with E-state index in [9.17, 15) is 0 Å². The Labute approximate surface area is 127 Å². The molecule has 2 N–H and O–H groups in total. The normalized spacial score (nSPS) is 11.1. The summed E-state index contributed by atoms with van der Waals surface area (Å²) >= 11 is 3.55. The van der Waals surface area contributed by atoms with Gasteiger partial charge in [-0.05, 0) is 37.1 Å². The lowest BCUT2D eigenvalue weighted by Gasteiger charge is -2.07. The van der Waals surface area contributed by atoms with E-state index in [0.29, 0.717) is 24.5 Å². The molecule has 20 heavy (non-hydrogen) atoms. The van der Waals surface area contributed by atoms with Crippen molar-refractivity contribution < 1.29 is 4.42 Å². The summed E-state index contributed by atoms with van der Waals surface area (Å²) in [6.07, 6.45) is 0. The highest BCUT2D eigenvalue weighted by Crippen LogP contribution is 2.26. The second-order valence-electron chi connectivity index (χ2n) is 5.09. The largest absolute Gasteiger partial charge is 0.406 e. The van der Waals surface area contributed by atoms with E-state index in [1.165, 1.54) is 0 Å². The van der Waals surface area contributed by atoms with Crippen molar-refractivity contribution in [2.24, 2.45) is 0 Å². The maximum Gasteiger partial charge on any atom is 0.320 e. The molecular formula is C14H19BrN4O. The van der Waals surface area contributed by atoms with Crippen LogP contribution in [-0.4, -0.2) is 16.2 Å². The van der Waals surface area contributed by atoms with E-state index in [0.717, 1.165) is 21.3 Å². The van der Waals surface area contributed by atoms with Crippen molar-refractivity contribution >= 4 is 27.6 Å². The summed E-state index contributed by atoms with van der Waals surface area (Å²) in [5, 5.41) is 14.4. The van der Waals surface area contributed by atoms with Gasteiger partial charge in [0.25, 0.3) is 0 Å². The topological polar surface area (TPSA) is 63.0 Å². The molecule has 2 aromatic rings. The van der Waals surface area contributed by atoms with Crippen molar-refractivity contribution in [3.63, 3.8) is 0 Å². The number of benzene rings is 1. The van der Waals surface area contributed by atoms with Crippen LogP contribution in [0.5, 0.6) is 0 Å². The first kappa shape index (κ1) is 15.0. The van der Waals surface area contributed by atoms with E-state index >= 15 is 0 Å². The zero-order valence-corrected chi connectivity index (χ0v) is 13.7. The van der Waals surface area contributed by atoms with Gasteiger partial charge in [-0.3, -0.25) is 0 Å². The molecule has 108 valence electrons. The molecular weight excluding hydrogens is 320 g/mol. The minimum Gasteiger partial charge on any atom is -0.406 e. The molecule has 0 aliphatic heterocycles. The van der Waals surface area contributed by atoms with Crippen LogP contribution in [0.15, 0.2) is 21.0 Å². The van der Waals surface area contributed by atoms with Crippen molar-refractivity contribution in [1.82, 2.24) is 15.5 Å². The number of aromatic nitrogens is 2. The number of hydrogen-bond donors (Lipinski definition) is 2. The molecule has 1 aromatic carbocycles. The van der Waals surface area contributed by atoms with Crippen LogP contribution in [0.1, 0.15) is 30.9 Å². The number of nitrogens with zero attached hydrogens (tertiary/aromatic N) is 2. The van der Waals surface area contributed by atoms with Gasteiger partial charge in [-0.1, -0.05) is 34.9 Å². The van der Waals surface area contributed by atoms with Crippen LogP contribution in [0, 0.1) is 13.8 Å². The average Bonchev–Trinajstić information content (AvgIpc) is 2.81. The Morgan fingerprint density at radius 3 is 2.45 bits per heavy atom. The Kier molecular flexibility index (Phi) is 4.77. The number of aryl methyl sites for hydroxylation is 2. The number of halogens is 1. The second-order valence-corrected chi connectivity index (χ2v) is 5.88. The molecule has 0 spiro atoms. The average molecular weight is 339 g/mol. The highest BCUT2D eigenvalue weighted by atomic mass is 79.9. The van der Waals surface area contributed by atoms with Crippen LogP contribution in [0.3, 0.4) is 0 Å². The first-order valence-electron chi connectivity index (χ1n) is 6.55. The first-order chi connectivity index (χ1) is 9.45. The zero-order chi connectivity index (χ0) is 14.7.